The molecule has 2 aromatic rings. The number of benzene rings is 2. The number of hydrogen-bond acceptors (Lipinski definition) is 2. The fraction of sp³-hybridized carbons (Fsp3) is 0.409. The number of amides is 1. The van der Waals surface area contributed by atoms with Gasteiger partial charge in [-0.2, -0.15) is 0 Å². The Kier molecular flexibility index (Phi) is 4.66. The molecule has 2 aliphatic rings. The van der Waals surface area contributed by atoms with E-state index in [4.69, 9.17) is 0 Å². The standard InChI is InChI=1S/C22H25FN2O/c1-15-10-19(23)13-21(11-15)25-9-8-20(14-25)24-22(26)12-16-2-4-17(5-3-16)18-6-7-18/h2-5,10-11,13,18,20H,6-9,12,14H2,1H3,(H,24,26)/t20-/m1/s1. The average Bonchev–Trinajstić information content (AvgIpc) is 3.34. The summed E-state index contributed by atoms with van der Waals surface area (Å²) in [5.41, 5.74) is 4.27. The van der Waals surface area contributed by atoms with E-state index in [0.717, 1.165) is 42.2 Å². The molecule has 2 fully saturated rings. The average molecular weight is 352 g/mol. The van der Waals surface area contributed by atoms with Gasteiger partial charge in [-0.1, -0.05) is 24.3 Å². The maximum Gasteiger partial charge on any atom is 0.224 e. The maximum atomic E-state index is 13.6. The molecular weight excluding hydrogens is 327 g/mol. The summed E-state index contributed by atoms with van der Waals surface area (Å²) in [6.45, 7) is 3.47. The van der Waals surface area contributed by atoms with Crippen molar-refractivity contribution in [3.05, 3.63) is 65.0 Å². The van der Waals surface area contributed by atoms with Crippen LogP contribution in [-0.4, -0.2) is 25.0 Å². The van der Waals surface area contributed by atoms with Gasteiger partial charge in [0, 0.05) is 24.8 Å². The van der Waals surface area contributed by atoms with Crippen LogP contribution in [0.4, 0.5) is 10.1 Å². The lowest BCUT2D eigenvalue weighted by Crippen LogP contribution is -2.38. The van der Waals surface area contributed by atoms with Crippen molar-refractivity contribution in [2.45, 2.75) is 44.6 Å². The van der Waals surface area contributed by atoms with E-state index in [-0.39, 0.29) is 17.8 Å². The molecule has 0 unspecified atom stereocenters. The monoisotopic (exact) mass is 352 g/mol. The highest BCUT2D eigenvalue weighted by Crippen LogP contribution is 2.39. The van der Waals surface area contributed by atoms with E-state index in [2.05, 4.69) is 34.5 Å². The van der Waals surface area contributed by atoms with Crippen LogP contribution in [-0.2, 0) is 11.2 Å². The third-order valence-corrected chi connectivity index (χ3v) is 5.34. The topological polar surface area (TPSA) is 32.3 Å². The zero-order valence-electron chi connectivity index (χ0n) is 15.2. The van der Waals surface area contributed by atoms with E-state index in [9.17, 15) is 9.18 Å². The highest BCUT2D eigenvalue weighted by molar-refractivity contribution is 5.79. The van der Waals surface area contributed by atoms with Gasteiger partial charge in [0.15, 0.2) is 0 Å². The van der Waals surface area contributed by atoms with Gasteiger partial charge < -0.3 is 10.2 Å². The predicted octanol–water partition coefficient (Wildman–Crippen LogP) is 3.95. The Balaban J connectivity index is 1.30. The molecule has 0 aromatic heterocycles. The fourth-order valence-electron chi connectivity index (χ4n) is 3.80. The molecule has 1 saturated carbocycles. The summed E-state index contributed by atoms with van der Waals surface area (Å²) in [5, 5.41) is 3.13. The number of nitrogens with one attached hydrogen (secondary N) is 1. The van der Waals surface area contributed by atoms with Gasteiger partial charge >= 0.3 is 0 Å². The summed E-state index contributed by atoms with van der Waals surface area (Å²) in [6.07, 6.45) is 3.90. The van der Waals surface area contributed by atoms with Crippen LogP contribution in [0.15, 0.2) is 42.5 Å². The molecule has 1 aliphatic carbocycles. The molecule has 26 heavy (non-hydrogen) atoms. The zero-order valence-corrected chi connectivity index (χ0v) is 15.2. The summed E-state index contributed by atoms with van der Waals surface area (Å²) in [4.78, 5) is 14.5. The lowest BCUT2D eigenvalue weighted by molar-refractivity contribution is -0.121. The van der Waals surface area contributed by atoms with Gasteiger partial charge in [0.25, 0.3) is 0 Å². The molecule has 136 valence electrons. The number of aryl methyl sites for hydroxylation is 1. The minimum Gasteiger partial charge on any atom is -0.369 e. The first kappa shape index (κ1) is 17.1. The molecular formula is C22H25FN2O. The van der Waals surface area contributed by atoms with Gasteiger partial charge in [-0.25, -0.2) is 4.39 Å². The van der Waals surface area contributed by atoms with E-state index < -0.39 is 0 Å². The van der Waals surface area contributed by atoms with Gasteiger partial charge in [0.2, 0.25) is 5.91 Å². The van der Waals surface area contributed by atoms with Crippen LogP contribution in [0.2, 0.25) is 0 Å². The Morgan fingerprint density at radius 2 is 1.92 bits per heavy atom. The van der Waals surface area contributed by atoms with Crippen LogP contribution in [0, 0.1) is 12.7 Å². The molecule has 0 bridgehead atoms. The number of carbonyl (C=O) groups is 1. The highest BCUT2D eigenvalue weighted by atomic mass is 19.1. The molecule has 4 heteroatoms. The lowest BCUT2D eigenvalue weighted by atomic mass is 10.1. The zero-order chi connectivity index (χ0) is 18.1. The van der Waals surface area contributed by atoms with Crippen molar-refractivity contribution in [2.24, 2.45) is 0 Å². The van der Waals surface area contributed by atoms with Gasteiger partial charge in [0.1, 0.15) is 5.82 Å². The van der Waals surface area contributed by atoms with E-state index in [0.29, 0.717) is 6.42 Å². The summed E-state index contributed by atoms with van der Waals surface area (Å²) < 4.78 is 13.6. The lowest BCUT2D eigenvalue weighted by Gasteiger charge is -2.20. The minimum absolute atomic E-state index is 0.0615. The van der Waals surface area contributed by atoms with Gasteiger partial charge in [0.05, 0.1) is 6.42 Å². The maximum absolute atomic E-state index is 13.6. The molecule has 1 heterocycles. The predicted molar refractivity (Wildman–Crippen MR) is 102 cm³/mol. The van der Waals surface area contributed by atoms with Gasteiger partial charge in [-0.05, 0) is 67.0 Å². The van der Waals surface area contributed by atoms with Crippen LogP contribution in [0.1, 0.15) is 41.9 Å². The van der Waals surface area contributed by atoms with Crippen LogP contribution in [0.5, 0.6) is 0 Å². The Hall–Kier alpha value is -2.36. The summed E-state index contributed by atoms with van der Waals surface area (Å²) in [5.74, 6) is 0.599. The summed E-state index contributed by atoms with van der Waals surface area (Å²) in [7, 11) is 0. The molecule has 1 N–H and O–H groups in total. The Labute approximate surface area is 154 Å². The van der Waals surface area contributed by atoms with Gasteiger partial charge in [-0.15, -0.1) is 0 Å². The first-order valence-corrected chi connectivity index (χ1v) is 9.47. The van der Waals surface area contributed by atoms with E-state index in [1.165, 1.54) is 24.5 Å². The van der Waals surface area contributed by atoms with Crippen molar-refractivity contribution in [1.82, 2.24) is 5.32 Å². The molecule has 1 aliphatic heterocycles. The molecule has 1 amide bonds. The summed E-state index contributed by atoms with van der Waals surface area (Å²) >= 11 is 0. The first-order chi connectivity index (χ1) is 12.6. The molecule has 0 radical (unpaired) electrons. The third-order valence-electron chi connectivity index (χ3n) is 5.34. The number of rotatable bonds is 5. The second kappa shape index (κ2) is 7.10. The number of anilines is 1. The van der Waals surface area contributed by atoms with E-state index >= 15 is 0 Å². The minimum atomic E-state index is -0.206. The number of carbonyl (C=O) groups excluding carboxylic acids is 1. The van der Waals surface area contributed by atoms with Crippen molar-refractivity contribution in [2.75, 3.05) is 18.0 Å². The molecule has 0 spiro atoms. The highest BCUT2D eigenvalue weighted by Gasteiger charge is 2.25. The second-order valence-corrected chi connectivity index (χ2v) is 7.68. The fourth-order valence-corrected chi connectivity index (χ4v) is 3.80. The number of hydrogen-bond donors (Lipinski definition) is 1. The van der Waals surface area contributed by atoms with Crippen molar-refractivity contribution >= 4 is 11.6 Å². The smallest absolute Gasteiger partial charge is 0.224 e. The molecule has 4 rings (SSSR count). The second-order valence-electron chi connectivity index (χ2n) is 7.68. The molecule has 2 aromatic carbocycles. The van der Waals surface area contributed by atoms with Crippen molar-refractivity contribution < 1.29 is 9.18 Å². The SMILES string of the molecule is Cc1cc(F)cc(N2CC[C@@H](NC(=O)Cc3ccc(C4CC4)cc3)C2)c1. The largest absolute Gasteiger partial charge is 0.369 e. The Bertz CT molecular complexity index is 778. The van der Waals surface area contributed by atoms with Crippen LogP contribution in [0.3, 0.4) is 0 Å². The Morgan fingerprint density at radius 3 is 2.62 bits per heavy atom. The van der Waals surface area contributed by atoms with Gasteiger partial charge in [-0.3, -0.25) is 4.79 Å². The molecule has 1 saturated heterocycles. The molecule has 1 atom stereocenters. The van der Waals surface area contributed by atoms with E-state index in [1.807, 2.05) is 13.0 Å². The van der Waals surface area contributed by atoms with E-state index in [1.54, 1.807) is 6.07 Å². The number of halogens is 1. The van der Waals surface area contributed by atoms with Crippen LogP contribution < -0.4 is 10.2 Å². The Morgan fingerprint density at radius 1 is 1.15 bits per heavy atom. The third kappa shape index (κ3) is 4.06. The van der Waals surface area contributed by atoms with Crippen molar-refractivity contribution in [3.63, 3.8) is 0 Å². The van der Waals surface area contributed by atoms with Crippen LogP contribution >= 0.6 is 0 Å². The number of nitrogens with zero attached hydrogens (tertiary/aromatic N) is 1. The van der Waals surface area contributed by atoms with Crippen molar-refractivity contribution in [3.8, 4) is 0 Å². The first-order valence-electron chi connectivity index (χ1n) is 9.47. The summed E-state index contributed by atoms with van der Waals surface area (Å²) in [6, 6.07) is 13.7. The molecule has 3 nitrogen and oxygen atoms in total. The normalized spacial score (nSPS) is 19.6. The van der Waals surface area contributed by atoms with Crippen molar-refractivity contribution in [1.29, 1.82) is 0 Å². The quantitative estimate of drug-likeness (QED) is 0.884. The van der Waals surface area contributed by atoms with Crippen LogP contribution in [0.25, 0.3) is 0 Å².